The van der Waals surface area contributed by atoms with Gasteiger partial charge in [0, 0.05) is 0 Å². The second-order valence-electron chi connectivity index (χ2n) is 4.33. The fourth-order valence-corrected chi connectivity index (χ4v) is 1.85. The highest BCUT2D eigenvalue weighted by Gasteiger charge is 2.04. The van der Waals surface area contributed by atoms with Crippen LogP contribution < -0.4 is 10.2 Å². The van der Waals surface area contributed by atoms with E-state index in [9.17, 15) is 4.79 Å². The van der Waals surface area contributed by atoms with E-state index in [1.807, 2.05) is 12.1 Å². The van der Waals surface area contributed by atoms with Gasteiger partial charge in [0.25, 0.3) is 5.95 Å². The molecule has 0 bridgehead atoms. The molecule has 0 amide bonds. The molecule has 96 valence electrons. The maximum atomic E-state index is 11.8. The van der Waals surface area contributed by atoms with Gasteiger partial charge in [0.15, 0.2) is 5.43 Å². The summed E-state index contributed by atoms with van der Waals surface area (Å²) in [5.41, 5.74) is 0.522. The lowest BCUT2D eigenvalue weighted by Gasteiger charge is -2.05. The Bertz CT molecular complexity index is 557. The van der Waals surface area contributed by atoms with Crippen molar-refractivity contribution in [1.29, 1.82) is 0 Å². The van der Waals surface area contributed by atoms with Gasteiger partial charge in [-0.05, 0) is 18.6 Å². The molecule has 0 N–H and O–H groups in total. The molecule has 0 atom stereocenters. The number of ether oxygens (including phenoxy) is 1. The quantitative estimate of drug-likeness (QED) is 0.729. The first kappa shape index (κ1) is 12.7. The maximum absolute atomic E-state index is 11.8. The molecule has 2 aromatic rings. The van der Waals surface area contributed by atoms with E-state index in [2.05, 4.69) is 6.92 Å². The van der Waals surface area contributed by atoms with Gasteiger partial charge in [-0.1, -0.05) is 38.3 Å². The van der Waals surface area contributed by atoms with Gasteiger partial charge in [0.05, 0.1) is 18.1 Å². The molecule has 0 aliphatic heterocycles. The summed E-state index contributed by atoms with van der Waals surface area (Å²) >= 11 is 0. The van der Waals surface area contributed by atoms with Crippen LogP contribution in [0.4, 0.5) is 0 Å². The zero-order valence-corrected chi connectivity index (χ0v) is 10.6. The first-order chi connectivity index (χ1) is 8.81. The molecule has 18 heavy (non-hydrogen) atoms. The van der Waals surface area contributed by atoms with E-state index in [0.717, 1.165) is 12.8 Å². The Morgan fingerprint density at radius 2 is 2.00 bits per heavy atom. The average Bonchev–Trinajstić information content (AvgIpc) is 2.39. The molecule has 0 unspecified atom stereocenters. The summed E-state index contributed by atoms with van der Waals surface area (Å²) in [6.07, 6.45) is 4.55. The number of benzene rings is 1. The van der Waals surface area contributed by atoms with E-state index in [4.69, 9.17) is 9.15 Å². The smallest absolute Gasteiger partial charge is 0.288 e. The summed E-state index contributed by atoms with van der Waals surface area (Å²) in [6.45, 7) is 2.77. The molecule has 1 aromatic carbocycles. The Morgan fingerprint density at radius 1 is 1.17 bits per heavy atom. The maximum Gasteiger partial charge on any atom is 0.288 e. The molecule has 3 nitrogen and oxygen atoms in total. The zero-order chi connectivity index (χ0) is 12.8. The molecular weight excluding hydrogens is 228 g/mol. The third-order valence-corrected chi connectivity index (χ3v) is 2.85. The molecule has 0 aliphatic rings. The van der Waals surface area contributed by atoms with Crippen molar-refractivity contribution in [2.75, 3.05) is 6.61 Å². The number of unbranched alkanes of at least 4 members (excludes halogenated alkanes) is 3. The Morgan fingerprint density at radius 3 is 2.83 bits per heavy atom. The lowest BCUT2D eigenvalue weighted by atomic mass is 10.2. The highest BCUT2D eigenvalue weighted by atomic mass is 16.6. The van der Waals surface area contributed by atoms with Crippen molar-refractivity contribution < 1.29 is 9.15 Å². The molecule has 1 heterocycles. The Kier molecular flexibility index (Phi) is 4.40. The number of hydrogen-bond donors (Lipinski definition) is 0. The molecule has 0 spiro atoms. The van der Waals surface area contributed by atoms with Crippen LogP contribution in [0.5, 0.6) is 5.95 Å². The summed E-state index contributed by atoms with van der Waals surface area (Å²) in [4.78, 5) is 11.8. The molecule has 0 fully saturated rings. The second-order valence-corrected chi connectivity index (χ2v) is 4.33. The normalized spacial score (nSPS) is 10.7. The number of hydrogen-bond acceptors (Lipinski definition) is 3. The van der Waals surface area contributed by atoms with Gasteiger partial charge in [-0.25, -0.2) is 0 Å². The summed E-state index contributed by atoms with van der Waals surface area (Å²) in [5.74, 6) is 0.315. The zero-order valence-electron chi connectivity index (χ0n) is 10.6. The molecule has 2 rings (SSSR count). The summed E-state index contributed by atoms with van der Waals surface area (Å²) in [7, 11) is 0. The lowest BCUT2D eigenvalue weighted by molar-refractivity contribution is 0.239. The van der Waals surface area contributed by atoms with Crippen LogP contribution in [0.1, 0.15) is 32.6 Å². The van der Waals surface area contributed by atoms with Crippen molar-refractivity contribution in [3.63, 3.8) is 0 Å². The number of fused-ring (bicyclic) bond motifs is 1. The fraction of sp³-hybridized carbons (Fsp3) is 0.400. The van der Waals surface area contributed by atoms with Crippen LogP contribution in [-0.2, 0) is 0 Å². The first-order valence-electron chi connectivity index (χ1n) is 6.47. The van der Waals surface area contributed by atoms with Crippen molar-refractivity contribution >= 4 is 11.0 Å². The van der Waals surface area contributed by atoms with E-state index < -0.39 is 0 Å². The molecule has 1 aromatic heterocycles. The molecule has 3 heteroatoms. The van der Waals surface area contributed by atoms with Gasteiger partial charge in [0.1, 0.15) is 5.58 Å². The van der Waals surface area contributed by atoms with Crippen LogP contribution in [0, 0.1) is 0 Å². The second kappa shape index (κ2) is 6.24. The molecular formula is C15H18O3. The van der Waals surface area contributed by atoms with E-state index in [1.54, 1.807) is 12.1 Å². The minimum Gasteiger partial charge on any atom is -0.465 e. The Labute approximate surface area is 106 Å². The van der Waals surface area contributed by atoms with E-state index >= 15 is 0 Å². The van der Waals surface area contributed by atoms with Crippen LogP contribution in [0.25, 0.3) is 11.0 Å². The van der Waals surface area contributed by atoms with Crippen molar-refractivity contribution in [2.45, 2.75) is 32.6 Å². The fourth-order valence-electron chi connectivity index (χ4n) is 1.85. The minimum absolute atomic E-state index is 0.0552. The van der Waals surface area contributed by atoms with Crippen molar-refractivity contribution in [2.24, 2.45) is 0 Å². The van der Waals surface area contributed by atoms with Crippen molar-refractivity contribution in [3.05, 3.63) is 40.6 Å². The van der Waals surface area contributed by atoms with Crippen LogP contribution >= 0.6 is 0 Å². The summed E-state index contributed by atoms with van der Waals surface area (Å²) in [5, 5.41) is 0.593. The number of para-hydroxylation sites is 1. The molecule has 0 saturated carbocycles. The van der Waals surface area contributed by atoms with E-state index in [0.29, 0.717) is 23.5 Å². The predicted molar refractivity (Wildman–Crippen MR) is 72.1 cm³/mol. The van der Waals surface area contributed by atoms with Gasteiger partial charge in [-0.15, -0.1) is 0 Å². The van der Waals surface area contributed by atoms with Gasteiger partial charge in [-0.3, -0.25) is 4.79 Å². The lowest BCUT2D eigenvalue weighted by Crippen LogP contribution is -2.03. The molecule has 0 saturated heterocycles. The minimum atomic E-state index is -0.0552. The van der Waals surface area contributed by atoms with E-state index in [1.165, 1.54) is 18.9 Å². The van der Waals surface area contributed by atoms with Crippen LogP contribution in [0.15, 0.2) is 39.5 Å². The third-order valence-electron chi connectivity index (χ3n) is 2.85. The Balaban J connectivity index is 2.03. The monoisotopic (exact) mass is 246 g/mol. The standard InChI is InChI=1S/C15H18O3/c1-2-3-4-7-10-17-15-11-13(16)12-8-5-6-9-14(12)18-15/h5-6,8-9,11H,2-4,7,10H2,1H3. The van der Waals surface area contributed by atoms with Crippen molar-refractivity contribution in [1.82, 2.24) is 0 Å². The van der Waals surface area contributed by atoms with Crippen LogP contribution in [0.3, 0.4) is 0 Å². The van der Waals surface area contributed by atoms with Gasteiger partial charge >= 0.3 is 0 Å². The Hall–Kier alpha value is -1.77. The van der Waals surface area contributed by atoms with Gasteiger partial charge in [-0.2, -0.15) is 0 Å². The highest BCUT2D eigenvalue weighted by molar-refractivity contribution is 5.76. The highest BCUT2D eigenvalue weighted by Crippen LogP contribution is 2.17. The average molecular weight is 246 g/mol. The van der Waals surface area contributed by atoms with Crippen LogP contribution in [0.2, 0.25) is 0 Å². The molecule has 0 aliphatic carbocycles. The molecule has 0 radical (unpaired) electrons. The number of rotatable bonds is 6. The first-order valence-corrected chi connectivity index (χ1v) is 6.47. The topological polar surface area (TPSA) is 39.4 Å². The predicted octanol–water partition coefficient (Wildman–Crippen LogP) is 3.75. The van der Waals surface area contributed by atoms with Gasteiger partial charge in [0.2, 0.25) is 0 Å². The third kappa shape index (κ3) is 3.13. The van der Waals surface area contributed by atoms with Gasteiger partial charge < -0.3 is 9.15 Å². The SMILES string of the molecule is CCCCCCOc1cc(=O)c2ccccc2o1. The summed E-state index contributed by atoms with van der Waals surface area (Å²) < 4.78 is 11.0. The van der Waals surface area contributed by atoms with Crippen molar-refractivity contribution in [3.8, 4) is 5.95 Å². The van der Waals surface area contributed by atoms with Crippen LogP contribution in [-0.4, -0.2) is 6.61 Å². The van der Waals surface area contributed by atoms with E-state index in [-0.39, 0.29) is 5.43 Å². The summed E-state index contributed by atoms with van der Waals surface area (Å²) in [6, 6.07) is 8.62. The largest absolute Gasteiger partial charge is 0.465 e.